The summed E-state index contributed by atoms with van der Waals surface area (Å²) in [6.45, 7) is 2.19. The maximum atomic E-state index is 12.6. The van der Waals surface area contributed by atoms with Gasteiger partial charge in [-0.2, -0.15) is 0 Å². The van der Waals surface area contributed by atoms with E-state index in [1.54, 1.807) is 6.92 Å². The number of imidazole rings is 1. The van der Waals surface area contributed by atoms with Crippen LogP contribution in [0.25, 0.3) is 11.0 Å². The van der Waals surface area contributed by atoms with Crippen LogP contribution in [0.1, 0.15) is 41.0 Å². The number of hydrogen-bond acceptors (Lipinski definition) is 6. The highest BCUT2D eigenvalue weighted by Crippen LogP contribution is 2.32. The molecule has 0 bridgehead atoms. The molecule has 1 atom stereocenters. The molecule has 1 unspecified atom stereocenters. The number of nitrogens with one attached hydrogen (secondary N) is 3. The Morgan fingerprint density at radius 2 is 2.07 bits per heavy atom. The summed E-state index contributed by atoms with van der Waals surface area (Å²) in [5.41, 5.74) is 2.46. The number of Topliss-reactive ketones (excluding diaryl/α,β-unsaturated/α-hetero) is 1. The fourth-order valence-corrected chi connectivity index (χ4v) is 4.31. The van der Waals surface area contributed by atoms with Crippen molar-refractivity contribution in [3.8, 4) is 0 Å². The average molecular weight is 411 g/mol. The Balaban J connectivity index is 1.34. The van der Waals surface area contributed by atoms with Crippen molar-refractivity contribution < 1.29 is 14.4 Å². The maximum Gasteiger partial charge on any atom is 0.225 e. The molecule has 4 rings (SSSR count). The van der Waals surface area contributed by atoms with E-state index in [2.05, 4.69) is 25.6 Å². The third-order valence-corrected chi connectivity index (χ3v) is 5.91. The number of rotatable bonds is 6. The molecular formula is C20H21N5O3S. The topological polar surface area (TPSA) is 117 Å². The number of H-pyrrole nitrogens is 1. The van der Waals surface area contributed by atoms with Crippen LogP contribution in [0.4, 0.5) is 5.13 Å². The van der Waals surface area contributed by atoms with E-state index in [1.807, 2.05) is 24.3 Å². The zero-order chi connectivity index (χ0) is 20.4. The minimum atomic E-state index is -0.442. The van der Waals surface area contributed by atoms with Crippen LogP contribution in [0.3, 0.4) is 0 Å². The quantitative estimate of drug-likeness (QED) is 0.576. The lowest BCUT2D eigenvalue weighted by atomic mass is 9.89. The van der Waals surface area contributed by atoms with Gasteiger partial charge in [-0.15, -0.1) is 0 Å². The number of ketones is 1. The molecular weight excluding hydrogens is 390 g/mol. The summed E-state index contributed by atoms with van der Waals surface area (Å²) < 4.78 is 0. The minimum Gasteiger partial charge on any atom is -0.355 e. The second-order valence-electron chi connectivity index (χ2n) is 6.97. The molecule has 0 radical (unpaired) electrons. The molecule has 0 saturated carbocycles. The number of thiazole rings is 1. The zero-order valence-corrected chi connectivity index (χ0v) is 16.8. The minimum absolute atomic E-state index is 0.0989. The van der Waals surface area contributed by atoms with E-state index in [4.69, 9.17) is 0 Å². The van der Waals surface area contributed by atoms with E-state index in [-0.39, 0.29) is 24.0 Å². The third-order valence-electron chi connectivity index (χ3n) is 4.86. The predicted octanol–water partition coefficient (Wildman–Crippen LogP) is 2.47. The Labute approximate surface area is 171 Å². The molecule has 8 nitrogen and oxygen atoms in total. The van der Waals surface area contributed by atoms with Crippen molar-refractivity contribution >= 4 is 45.1 Å². The number of nitrogens with zero attached hydrogens (tertiary/aromatic N) is 2. The molecule has 1 aliphatic carbocycles. The molecule has 9 heteroatoms. The SMILES string of the molecule is CCC(=O)Nc1nc2c(s1)C(=O)CC(C(=O)NCCc1nc3ccccc3[nH]1)C2. The number of anilines is 1. The van der Waals surface area contributed by atoms with Crippen LogP contribution >= 0.6 is 11.3 Å². The Morgan fingerprint density at radius 3 is 2.86 bits per heavy atom. The van der Waals surface area contributed by atoms with Gasteiger partial charge in [-0.25, -0.2) is 9.97 Å². The number of hydrogen-bond donors (Lipinski definition) is 3. The number of carbonyl (C=O) groups is 3. The molecule has 1 aliphatic rings. The molecule has 3 N–H and O–H groups in total. The summed E-state index contributed by atoms with van der Waals surface area (Å²) in [5.74, 6) is -0.0410. The van der Waals surface area contributed by atoms with Crippen LogP contribution in [0, 0.1) is 5.92 Å². The number of fused-ring (bicyclic) bond motifs is 2. The number of aromatic amines is 1. The molecule has 3 aromatic rings. The molecule has 150 valence electrons. The van der Waals surface area contributed by atoms with Gasteiger partial charge in [0.15, 0.2) is 10.9 Å². The highest BCUT2D eigenvalue weighted by Gasteiger charge is 2.33. The van der Waals surface area contributed by atoms with Gasteiger partial charge in [0.25, 0.3) is 0 Å². The molecule has 0 spiro atoms. The summed E-state index contributed by atoms with van der Waals surface area (Å²) in [6, 6.07) is 7.77. The van der Waals surface area contributed by atoms with Crippen LogP contribution in [-0.2, 0) is 22.4 Å². The van der Waals surface area contributed by atoms with Gasteiger partial charge in [0.05, 0.1) is 27.5 Å². The molecule has 2 amide bonds. The lowest BCUT2D eigenvalue weighted by Crippen LogP contribution is -2.36. The van der Waals surface area contributed by atoms with Gasteiger partial charge in [0, 0.05) is 32.2 Å². The van der Waals surface area contributed by atoms with Crippen molar-refractivity contribution in [2.45, 2.75) is 32.6 Å². The molecule has 29 heavy (non-hydrogen) atoms. The van der Waals surface area contributed by atoms with Crippen LogP contribution in [0.15, 0.2) is 24.3 Å². The van der Waals surface area contributed by atoms with Gasteiger partial charge in [0.2, 0.25) is 11.8 Å². The lowest BCUT2D eigenvalue weighted by Gasteiger charge is -2.19. The van der Waals surface area contributed by atoms with Crippen molar-refractivity contribution in [2.24, 2.45) is 5.92 Å². The molecule has 2 aromatic heterocycles. The number of para-hydroxylation sites is 2. The number of amides is 2. The Morgan fingerprint density at radius 1 is 1.24 bits per heavy atom. The van der Waals surface area contributed by atoms with E-state index in [9.17, 15) is 14.4 Å². The summed E-state index contributed by atoms with van der Waals surface area (Å²) >= 11 is 1.18. The second kappa shape index (κ2) is 8.12. The molecule has 2 heterocycles. The highest BCUT2D eigenvalue weighted by atomic mass is 32.1. The number of benzene rings is 1. The molecule has 0 saturated heterocycles. The predicted molar refractivity (Wildman–Crippen MR) is 110 cm³/mol. The van der Waals surface area contributed by atoms with Gasteiger partial charge in [-0.1, -0.05) is 30.4 Å². The number of aromatic nitrogens is 3. The number of carbonyl (C=O) groups excluding carboxylic acids is 3. The first kappa shape index (κ1) is 19.3. The van der Waals surface area contributed by atoms with Gasteiger partial charge in [-0.05, 0) is 12.1 Å². The van der Waals surface area contributed by atoms with Crippen molar-refractivity contribution in [2.75, 3.05) is 11.9 Å². The summed E-state index contributed by atoms with van der Waals surface area (Å²) in [6.07, 6.45) is 1.48. The third kappa shape index (κ3) is 4.19. The van der Waals surface area contributed by atoms with Gasteiger partial charge < -0.3 is 15.6 Å². The van der Waals surface area contributed by atoms with E-state index >= 15 is 0 Å². The molecule has 1 aromatic carbocycles. The maximum absolute atomic E-state index is 12.6. The fourth-order valence-electron chi connectivity index (χ4n) is 3.35. The van der Waals surface area contributed by atoms with Crippen LogP contribution in [0.5, 0.6) is 0 Å². The monoisotopic (exact) mass is 411 g/mol. The van der Waals surface area contributed by atoms with E-state index in [0.29, 0.717) is 41.5 Å². The molecule has 0 aliphatic heterocycles. The zero-order valence-electron chi connectivity index (χ0n) is 15.9. The van der Waals surface area contributed by atoms with Crippen LogP contribution in [0.2, 0.25) is 0 Å². The molecule has 0 fully saturated rings. The lowest BCUT2D eigenvalue weighted by molar-refractivity contribution is -0.125. The van der Waals surface area contributed by atoms with Crippen molar-refractivity contribution in [1.82, 2.24) is 20.3 Å². The Bertz CT molecular complexity index is 1050. The van der Waals surface area contributed by atoms with E-state index in [1.165, 1.54) is 11.3 Å². The first-order valence-corrected chi connectivity index (χ1v) is 10.4. The summed E-state index contributed by atoms with van der Waals surface area (Å²) in [7, 11) is 0. The Kier molecular flexibility index (Phi) is 5.39. The standard InChI is InChI=1S/C20H21N5O3S/c1-2-17(27)25-20-24-14-9-11(10-15(26)18(14)29-20)19(28)21-8-7-16-22-12-5-3-4-6-13(12)23-16/h3-6,11H,2,7-10H2,1H3,(H,21,28)(H,22,23)(H,24,25,27). The van der Waals surface area contributed by atoms with Gasteiger partial charge in [0.1, 0.15) is 5.82 Å². The van der Waals surface area contributed by atoms with Crippen LogP contribution < -0.4 is 10.6 Å². The summed E-state index contributed by atoms with van der Waals surface area (Å²) in [4.78, 5) is 49.1. The van der Waals surface area contributed by atoms with Crippen molar-refractivity contribution in [1.29, 1.82) is 0 Å². The van der Waals surface area contributed by atoms with Gasteiger partial charge >= 0.3 is 0 Å². The Hall–Kier alpha value is -3.07. The van der Waals surface area contributed by atoms with Crippen LogP contribution in [-0.4, -0.2) is 39.1 Å². The smallest absolute Gasteiger partial charge is 0.225 e. The van der Waals surface area contributed by atoms with E-state index < -0.39 is 5.92 Å². The van der Waals surface area contributed by atoms with Crippen molar-refractivity contribution in [3.63, 3.8) is 0 Å². The normalized spacial score (nSPS) is 15.9. The first-order valence-electron chi connectivity index (χ1n) is 9.57. The summed E-state index contributed by atoms with van der Waals surface area (Å²) in [5, 5.41) is 6.00. The van der Waals surface area contributed by atoms with Gasteiger partial charge in [-0.3, -0.25) is 14.4 Å². The first-order chi connectivity index (χ1) is 14.0. The second-order valence-corrected chi connectivity index (χ2v) is 7.97. The fraction of sp³-hybridized carbons (Fsp3) is 0.350. The average Bonchev–Trinajstić information content (AvgIpc) is 3.31. The van der Waals surface area contributed by atoms with Crippen molar-refractivity contribution in [3.05, 3.63) is 40.7 Å². The van der Waals surface area contributed by atoms with E-state index in [0.717, 1.165) is 16.9 Å². The largest absolute Gasteiger partial charge is 0.355 e. The highest BCUT2D eigenvalue weighted by molar-refractivity contribution is 7.17.